The maximum Gasteiger partial charge on any atom is 0.0614 e. The molecule has 0 atom stereocenters. The second kappa shape index (κ2) is 3.98. The SMILES string of the molecule is Cc1c(Cl)cn(C2CCCCC2)c1C. The van der Waals surface area contributed by atoms with Crippen LogP contribution < -0.4 is 0 Å². The van der Waals surface area contributed by atoms with E-state index in [2.05, 4.69) is 24.6 Å². The molecule has 2 rings (SSSR count). The molecule has 1 aliphatic carbocycles. The molecular formula is C12H18ClN. The molecular weight excluding hydrogens is 194 g/mol. The van der Waals surface area contributed by atoms with Gasteiger partial charge in [-0.1, -0.05) is 30.9 Å². The molecule has 14 heavy (non-hydrogen) atoms. The van der Waals surface area contributed by atoms with Crippen LogP contribution in [0, 0.1) is 13.8 Å². The van der Waals surface area contributed by atoms with Crippen LogP contribution in [0.3, 0.4) is 0 Å². The summed E-state index contributed by atoms with van der Waals surface area (Å²) in [5.41, 5.74) is 2.60. The van der Waals surface area contributed by atoms with Crippen molar-refractivity contribution in [1.29, 1.82) is 0 Å². The van der Waals surface area contributed by atoms with E-state index in [-0.39, 0.29) is 0 Å². The Morgan fingerprint density at radius 2 is 1.86 bits per heavy atom. The summed E-state index contributed by atoms with van der Waals surface area (Å²) in [6, 6.07) is 0.704. The van der Waals surface area contributed by atoms with E-state index in [1.807, 2.05) is 0 Å². The van der Waals surface area contributed by atoms with Gasteiger partial charge in [0.2, 0.25) is 0 Å². The van der Waals surface area contributed by atoms with E-state index in [1.165, 1.54) is 43.4 Å². The normalized spacial score (nSPS) is 18.8. The van der Waals surface area contributed by atoms with Crippen molar-refractivity contribution in [2.75, 3.05) is 0 Å². The highest BCUT2D eigenvalue weighted by atomic mass is 35.5. The van der Waals surface area contributed by atoms with Crippen molar-refractivity contribution < 1.29 is 0 Å². The van der Waals surface area contributed by atoms with Crippen LogP contribution in [-0.2, 0) is 0 Å². The van der Waals surface area contributed by atoms with E-state index >= 15 is 0 Å². The fourth-order valence-corrected chi connectivity index (χ4v) is 2.66. The first kappa shape index (κ1) is 10.1. The summed E-state index contributed by atoms with van der Waals surface area (Å²) in [5, 5.41) is 0.924. The van der Waals surface area contributed by atoms with Crippen LogP contribution in [0.15, 0.2) is 6.20 Å². The van der Waals surface area contributed by atoms with E-state index in [0.29, 0.717) is 6.04 Å². The highest BCUT2D eigenvalue weighted by molar-refractivity contribution is 6.31. The summed E-state index contributed by atoms with van der Waals surface area (Å²) in [5.74, 6) is 0. The molecule has 0 spiro atoms. The van der Waals surface area contributed by atoms with Gasteiger partial charge >= 0.3 is 0 Å². The zero-order chi connectivity index (χ0) is 10.1. The lowest BCUT2D eigenvalue weighted by molar-refractivity contribution is 0.350. The van der Waals surface area contributed by atoms with Gasteiger partial charge in [0.05, 0.1) is 5.02 Å². The van der Waals surface area contributed by atoms with Crippen LogP contribution >= 0.6 is 11.6 Å². The molecule has 1 nitrogen and oxygen atoms in total. The van der Waals surface area contributed by atoms with Crippen molar-refractivity contribution in [3.63, 3.8) is 0 Å². The number of nitrogens with zero attached hydrogens (tertiary/aromatic N) is 1. The summed E-state index contributed by atoms with van der Waals surface area (Å²) in [6.07, 6.45) is 8.92. The van der Waals surface area contributed by atoms with Crippen LogP contribution in [0.1, 0.15) is 49.4 Å². The molecule has 0 bridgehead atoms. The van der Waals surface area contributed by atoms with Gasteiger partial charge in [0.15, 0.2) is 0 Å². The fraction of sp³-hybridized carbons (Fsp3) is 0.667. The molecule has 1 aromatic rings. The Morgan fingerprint density at radius 1 is 1.21 bits per heavy atom. The van der Waals surface area contributed by atoms with Crippen LogP contribution in [0.2, 0.25) is 5.02 Å². The monoisotopic (exact) mass is 211 g/mol. The van der Waals surface area contributed by atoms with Crippen molar-refractivity contribution in [2.24, 2.45) is 0 Å². The third-order valence-corrected chi connectivity index (χ3v) is 3.89. The van der Waals surface area contributed by atoms with Gasteiger partial charge in [0, 0.05) is 17.9 Å². The van der Waals surface area contributed by atoms with Crippen molar-refractivity contribution in [3.8, 4) is 0 Å². The van der Waals surface area contributed by atoms with Gasteiger partial charge in [-0.3, -0.25) is 0 Å². The minimum Gasteiger partial charge on any atom is -0.347 e. The number of hydrogen-bond donors (Lipinski definition) is 0. The van der Waals surface area contributed by atoms with Gasteiger partial charge in [0.25, 0.3) is 0 Å². The molecule has 1 aliphatic rings. The van der Waals surface area contributed by atoms with Crippen LogP contribution in [-0.4, -0.2) is 4.57 Å². The second-order valence-electron chi connectivity index (χ2n) is 4.39. The zero-order valence-corrected chi connectivity index (χ0v) is 9.77. The molecule has 0 unspecified atom stereocenters. The number of aromatic nitrogens is 1. The minimum absolute atomic E-state index is 0.704. The third kappa shape index (κ3) is 1.70. The molecule has 1 heterocycles. The molecule has 0 N–H and O–H groups in total. The van der Waals surface area contributed by atoms with E-state index in [4.69, 9.17) is 11.6 Å². The molecule has 0 saturated heterocycles. The Balaban J connectivity index is 2.26. The summed E-state index contributed by atoms with van der Waals surface area (Å²) < 4.78 is 2.39. The van der Waals surface area contributed by atoms with E-state index in [0.717, 1.165) is 5.02 Å². The molecule has 2 heteroatoms. The van der Waals surface area contributed by atoms with Crippen LogP contribution in [0.25, 0.3) is 0 Å². The third-order valence-electron chi connectivity index (χ3n) is 3.51. The fourth-order valence-electron chi connectivity index (χ4n) is 2.42. The lowest BCUT2D eigenvalue weighted by atomic mass is 9.95. The van der Waals surface area contributed by atoms with Crippen molar-refractivity contribution in [3.05, 3.63) is 22.5 Å². The lowest BCUT2D eigenvalue weighted by Crippen LogP contribution is -2.13. The maximum absolute atomic E-state index is 6.13. The zero-order valence-electron chi connectivity index (χ0n) is 9.02. The molecule has 78 valence electrons. The molecule has 0 radical (unpaired) electrons. The Labute approximate surface area is 91.1 Å². The predicted molar refractivity (Wildman–Crippen MR) is 61.0 cm³/mol. The van der Waals surface area contributed by atoms with Crippen molar-refractivity contribution in [1.82, 2.24) is 4.57 Å². The van der Waals surface area contributed by atoms with Crippen molar-refractivity contribution >= 4 is 11.6 Å². The quantitative estimate of drug-likeness (QED) is 0.654. The first-order valence-electron chi connectivity index (χ1n) is 5.53. The number of halogens is 1. The Bertz CT molecular complexity index is 321. The van der Waals surface area contributed by atoms with Crippen molar-refractivity contribution in [2.45, 2.75) is 52.0 Å². The summed E-state index contributed by atoms with van der Waals surface area (Å²) in [4.78, 5) is 0. The number of hydrogen-bond acceptors (Lipinski definition) is 0. The predicted octanol–water partition coefficient (Wildman–Crippen LogP) is 4.26. The van der Waals surface area contributed by atoms with E-state index < -0.39 is 0 Å². The van der Waals surface area contributed by atoms with Gasteiger partial charge in [-0.2, -0.15) is 0 Å². The largest absolute Gasteiger partial charge is 0.347 e. The van der Waals surface area contributed by atoms with Gasteiger partial charge in [0.1, 0.15) is 0 Å². The lowest BCUT2D eigenvalue weighted by Gasteiger charge is -2.24. The first-order valence-corrected chi connectivity index (χ1v) is 5.91. The highest BCUT2D eigenvalue weighted by Gasteiger charge is 2.18. The molecule has 0 aromatic carbocycles. The Kier molecular flexibility index (Phi) is 2.87. The highest BCUT2D eigenvalue weighted by Crippen LogP contribution is 2.32. The Hall–Kier alpha value is -0.430. The van der Waals surface area contributed by atoms with Gasteiger partial charge < -0.3 is 4.57 Å². The van der Waals surface area contributed by atoms with E-state index in [9.17, 15) is 0 Å². The van der Waals surface area contributed by atoms with Crippen LogP contribution in [0.4, 0.5) is 0 Å². The Morgan fingerprint density at radius 3 is 2.36 bits per heavy atom. The molecule has 0 aliphatic heterocycles. The van der Waals surface area contributed by atoms with Crippen LogP contribution in [0.5, 0.6) is 0 Å². The summed E-state index contributed by atoms with van der Waals surface area (Å²) in [7, 11) is 0. The van der Waals surface area contributed by atoms with Gasteiger partial charge in [-0.05, 0) is 32.3 Å². The summed E-state index contributed by atoms with van der Waals surface area (Å²) in [6.45, 7) is 4.28. The standard InChI is InChI=1S/C12H18ClN/c1-9-10(2)14(8-12(9)13)11-6-4-3-5-7-11/h8,11H,3-7H2,1-2H3. The average molecular weight is 212 g/mol. The molecule has 1 aromatic heterocycles. The minimum atomic E-state index is 0.704. The van der Waals surface area contributed by atoms with Gasteiger partial charge in [-0.15, -0.1) is 0 Å². The number of rotatable bonds is 1. The van der Waals surface area contributed by atoms with Gasteiger partial charge in [-0.25, -0.2) is 0 Å². The maximum atomic E-state index is 6.13. The topological polar surface area (TPSA) is 4.93 Å². The summed E-state index contributed by atoms with van der Waals surface area (Å²) >= 11 is 6.13. The molecule has 1 fully saturated rings. The second-order valence-corrected chi connectivity index (χ2v) is 4.79. The molecule has 0 amide bonds. The van der Waals surface area contributed by atoms with E-state index in [1.54, 1.807) is 0 Å². The average Bonchev–Trinajstić information content (AvgIpc) is 2.47. The molecule has 1 saturated carbocycles. The smallest absolute Gasteiger partial charge is 0.0614 e. The first-order chi connectivity index (χ1) is 6.70.